The summed E-state index contributed by atoms with van der Waals surface area (Å²) in [6.07, 6.45) is 5.42. The van der Waals surface area contributed by atoms with Gasteiger partial charge in [0.05, 0.1) is 0 Å². The summed E-state index contributed by atoms with van der Waals surface area (Å²) in [6.45, 7) is 9.60. The Morgan fingerprint density at radius 3 is 2.70 bits per heavy atom. The van der Waals surface area contributed by atoms with Crippen LogP contribution in [0.3, 0.4) is 0 Å². The molecule has 1 N–H and O–H groups in total. The molecule has 1 aromatic carbocycles. The molecule has 0 aliphatic rings. The highest BCUT2D eigenvalue weighted by molar-refractivity contribution is 5.91. The number of fused-ring (bicyclic) bond motifs is 1. The number of rotatable bonds is 9. The van der Waals surface area contributed by atoms with Gasteiger partial charge in [-0.2, -0.15) is 0 Å². The van der Waals surface area contributed by atoms with Crippen molar-refractivity contribution in [2.24, 2.45) is 0 Å². The van der Waals surface area contributed by atoms with Crippen LogP contribution in [0, 0.1) is 0 Å². The first-order valence-electron chi connectivity index (χ1n) is 8.71. The van der Waals surface area contributed by atoms with Crippen LogP contribution in [0.1, 0.15) is 45.6 Å². The van der Waals surface area contributed by atoms with Crippen LogP contribution in [0.25, 0.3) is 10.9 Å². The molecule has 0 spiro atoms. The Bertz CT molecular complexity index is 633. The quantitative estimate of drug-likeness (QED) is 0.558. The Kier molecular flexibility index (Phi) is 6.66. The first-order valence-corrected chi connectivity index (χ1v) is 8.71. The molecule has 0 saturated heterocycles. The van der Waals surface area contributed by atoms with E-state index in [1.54, 1.807) is 0 Å². The Hall–Kier alpha value is -1.81. The molecule has 126 valence electrons. The Labute approximate surface area is 138 Å². The molecular formula is C19H28N2O2. The number of aromatic amines is 1. The van der Waals surface area contributed by atoms with Crippen LogP contribution in [-0.2, 0) is 11.2 Å². The van der Waals surface area contributed by atoms with E-state index in [-0.39, 0.29) is 5.97 Å². The first kappa shape index (κ1) is 17.5. The number of likely N-dealkylation sites (N-methyl/N-ethyl adjacent to an activating group) is 1. The van der Waals surface area contributed by atoms with E-state index in [0.29, 0.717) is 12.2 Å². The summed E-state index contributed by atoms with van der Waals surface area (Å²) in [6, 6.07) is 5.84. The van der Waals surface area contributed by atoms with E-state index in [4.69, 9.17) is 4.74 Å². The minimum Gasteiger partial charge on any atom is -0.426 e. The standard InChI is InChI=1S/C19H28N2O2/c1-4-8-18(22)23-17-10-7-9-16-19(17)15(14-20-16)11-13-21(6-3)12-5-2/h7,9-10,14,20H,4-6,8,11-13H2,1-3H3. The molecule has 0 radical (unpaired) electrons. The maximum Gasteiger partial charge on any atom is 0.311 e. The molecule has 2 rings (SSSR count). The molecule has 0 unspecified atom stereocenters. The van der Waals surface area contributed by atoms with Gasteiger partial charge in [-0.15, -0.1) is 0 Å². The second-order valence-corrected chi connectivity index (χ2v) is 5.90. The van der Waals surface area contributed by atoms with Crippen molar-refractivity contribution in [3.8, 4) is 5.75 Å². The molecule has 23 heavy (non-hydrogen) atoms. The predicted molar refractivity (Wildman–Crippen MR) is 95.0 cm³/mol. The van der Waals surface area contributed by atoms with Gasteiger partial charge in [-0.1, -0.05) is 26.8 Å². The van der Waals surface area contributed by atoms with E-state index in [2.05, 4.69) is 23.7 Å². The average molecular weight is 316 g/mol. The lowest BCUT2D eigenvalue weighted by Crippen LogP contribution is -2.26. The maximum absolute atomic E-state index is 11.8. The summed E-state index contributed by atoms with van der Waals surface area (Å²) >= 11 is 0. The van der Waals surface area contributed by atoms with Crippen molar-refractivity contribution in [1.29, 1.82) is 0 Å². The van der Waals surface area contributed by atoms with E-state index in [0.717, 1.165) is 43.4 Å². The number of hydrogen-bond acceptors (Lipinski definition) is 3. The fourth-order valence-corrected chi connectivity index (χ4v) is 2.90. The van der Waals surface area contributed by atoms with Gasteiger partial charge in [-0.05, 0) is 50.0 Å². The van der Waals surface area contributed by atoms with Crippen LogP contribution in [-0.4, -0.2) is 35.5 Å². The summed E-state index contributed by atoms with van der Waals surface area (Å²) in [5.74, 6) is 0.518. The molecule has 4 nitrogen and oxygen atoms in total. The molecule has 1 heterocycles. The summed E-state index contributed by atoms with van der Waals surface area (Å²) < 4.78 is 5.58. The van der Waals surface area contributed by atoms with Crippen molar-refractivity contribution in [2.45, 2.75) is 46.5 Å². The van der Waals surface area contributed by atoms with Gasteiger partial charge in [0.25, 0.3) is 0 Å². The van der Waals surface area contributed by atoms with Crippen LogP contribution in [0.15, 0.2) is 24.4 Å². The number of hydrogen-bond donors (Lipinski definition) is 1. The second kappa shape index (κ2) is 8.73. The van der Waals surface area contributed by atoms with Gasteiger partial charge in [0, 0.05) is 30.1 Å². The zero-order valence-electron chi connectivity index (χ0n) is 14.5. The molecule has 0 bridgehead atoms. The molecule has 0 aliphatic carbocycles. The van der Waals surface area contributed by atoms with E-state index < -0.39 is 0 Å². The predicted octanol–water partition coefficient (Wildman–Crippen LogP) is 4.15. The molecule has 0 saturated carbocycles. The number of carbonyl (C=O) groups excluding carboxylic acids is 1. The van der Waals surface area contributed by atoms with Crippen molar-refractivity contribution in [3.63, 3.8) is 0 Å². The van der Waals surface area contributed by atoms with E-state index in [1.165, 1.54) is 12.0 Å². The van der Waals surface area contributed by atoms with Crippen molar-refractivity contribution in [1.82, 2.24) is 9.88 Å². The zero-order valence-corrected chi connectivity index (χ0v) is 14.5. The van der Waals surface area contributed by atoms with Crippen molar-refractivity contribution in [2.75, 3.05) is 19.6 Å². The smallest absolute Gasteiger partial charge is 0.311 e. The zero-order chi connectivity index (χ0) is 16.7. The SMILES string of the molecule is CCCC(=O)Oc1cccc2[nH]cc(CCN(CC)CCC)c12. The molecule has 1 aromatic heterocycles. The highest BCUT2D eigenvalue weighted by Crippen LogP contribution is 2.29. The molecular weight excluding hydrogens is 288 g/mol. The molecule has 0 amide bonds. The minimum absolute atomic E-state index is 0.159. The van der Waals surface area contributed by atoms with E-state index >= 15 is 0 Å². The van der Waals surface area contributed by atoms with Gasteiger partial charge in [0.15, 0.2) is 0 Å². The fraction of sp³-hybridized carbons (Fsp3) is 0.526. The Morgan fingerprint density at radius 1 is 1.17 bits per heavy atom. The number of ether oxygens (including phenoxy) is 1. The maximum atomic E-state index is 11.8. The molecule has 0 fully saturated rings. The van der Waals surface area contributed by atoms with Crippen LogP contribution < -0.4 is 4.74 Å². The summed E-state index contributed by atoms with van der Waals surface area (Å²) in [4.78, 5) is 17.6. The van der Waals surface area contributed by atoms with Gasteiger partial charge in [-0.25, -0.2) is 0 Å². The number of benzene rings is 1. The van der Waals surface area contributed by atoms with Gasteiger partial charge in [0.1, 0.15) is 5.75 Å². The number of nitrogens with one attached hydrogen (secondary N) is 1. The lowest BCUT2D eigenvalue weighted by molar-refractivity contribution is -0.134. The van der Waals surface area contributed by atoms with Gasteiger partial charge in [0.2, 0.25) is 0 Å². The van der Waals surface area contributed by atoms with Crippen molar-refractivity contribution >= 4 is 16.9 Å². The number of carbonyl (C=O) groups is 1. The van der Waals surface area contributed by atoms with Gasteiger partial charge >= 0.3 is 5.97 Å². The number of H-pyrrole nitrogens is 1. The number of nitrogens with zero attached hydrogens (tertiary/aromatic N) is 1. The third kappa shape index (κ3) is 4.58. The van der Waals surface area contributed by atoms with Crippen LogP contribution >= 0.6 is 0 Å². The molecule has 4 heteroatoms. The lowest BCUT2D eigenvalue weighted by Gasteiger charge is -2.19. The second-order valence-electron chi connectivity index (χ2n) is 5.90. The normalized spacial score (nSPS) is 11.3. The number of esters is 1. The summed E-state index contributed by atoms with van der Waals surface area (Å²) in [7, 11) is 0. The fourth-order valence-electron chi connectivity index (χ4n) is 2.90. The van der Waals surface area contributed by atoms with Crippen LogP contribution in [0.4, 0.5) is 0 Å². The largest absolute Gasteiger partial charge is 0.426 e. The highest BCUT2D eigenvalue weighted by Gasteiger charge is 2.13. The summed E-state index contributed by atoms with van der Waals surface area (Å²) in [5, 5.41) is 1.05. The average Bonchev–Trinajstić information content (AvgIpc) is 2.96. The van der Waals surface area contributed by atoms with Crippen LogP contribution in [0.5, 0.6) is 5.75 Å². The number of aromatic nitrogens is 1. The Morgan fingerprint density at radius 2 is 2.00 bits per heavy atom. The highest BCUT2D eigenvalue weighted by atomic mass is 16.5. The monoisotopic (exact) mass is 316 g/mol. The van der Waals surface area contributed by atoms with E-state index in [1.807, 2.05) is 31.3 Å². The van der Waals surface area contributed by atoms with E-state index in [9.17, 15) is 4.79 Å². The van der Waals surface area contributed by atoms with Crippen LogP contribution in [0.2, 0.25) is 0 Å². The van der Waals surface area contributed by atoms with Crippen molar-refractivity contribution < 1.29 is 9.53 Å². The molecule has 0 atom stereocenters. The summed E-state index contributed by atoms with van der Waals surface area (Å²) in [5.41, 5.74) is 2.25. The van der Waals surface area contributed by atoms with Crippen molar-refractivity contribution in [3.05, 3.63) is 30.0 Å². The molecule has 0 aliphatic heterocycles. The minimum atomic E-state index is -0.159. The van der Waals surface area contributed by atoms with Gasteiger partial charge in [-0.3, -0.25) is 4.79 Å². The first-order chi connectivity index (χ1) is 11.2. The van der Waals surface area contributed by atoms with Gasteiger partial charge < -0.3 is 14.6 Å². The third-order valence-corrected chi connectivity index (χ3v) is 4.11. The molecule has 2 aromatic rings. The Balaban J connectivity index is 2.18. The topological polar surface area (TPSA) is 45.3 Å². The lowest BCUT2D eigenvalue weighted by atomic mass is 10.1. The third-order valence-electron chi connectivity index (χ3n) is 4.11.